The van der Waals surface area contributed by atoms with Crippen molar-refractivity contribution in [1.82, 2.24) is 4.90 Å². The van der Waals surface area contributed by atoms with Crippen LogP contribution in [-0.4, -0.2) is 52.8 Å². The number of methoxy groups -OCH3 is 2. The normalized spacial score (nSPS) is 16.7. The number of amides is 2. The summed E-state index contributed by atoms with van der Waals surface area (Å²) >= 11 is 1.19. The molecule has 174 valence electrons. The van der Waals surface area contributed by atoms with Crippen molar-refractivity contribution in [2.24, 2.45) is 4.99 Å². The standard InChI is InChI=1S/C22H24N4O6S/c1-4-11-25-21(28)19(33-22(25)24-16-7-5-6-8-18(16)32-3)13-20(27)23-15-10-9-14(31-2)12-17(15)26(29)30/h5-10,12,19H,4,11,13H2,1-3H3,(H,23,27)/t19-/m0/s1. The Balaban J connectivity index is 1.79. The molecule has 1 saturated heterocycles. The van der Waals surface area contributed by atoms with Crippen molar-refractivity contribution in [3.8, 4) is 11.5 Å². The second-order valence-corrected chi connectivity index (χ2v) is 8.22. The van der Waals surface area contributed by atoms with Crippen LogP contribution in [0, 0.1) is 10.1 Å². The molecule has 0 spiro atoms. The second kappa shape index (κ2) is 10.8. The van der Waals surface area contributed by atoms with Crippen LogP contribution in [0.5, 0.6) is 11.5 Å². The van der Waals surface area contributed by atoms with E-state index in [1.807, 2.05) is 19.1 Å². The Bertz CT molecular complexity index is 1090. The number of nitrogens with one attached hydrogen (secondary N) is 1. The number of ether oxygens (including phenoxy) is 2. The maximum atomic E-state index is 13.0. The molecule has 1 atom stereocenters. The highest BCUT2D eigenvalue weighted by Gasteiger charge is 2.39. The number of anilines is 1. The first-order valence-electron chi connectivity index (χ1n) is 10.2. The fraction of sp³-hybridized carbons (Fsp3) is 0.318. The molecule has 1 fully saturated rings. The lowest BCUT2D eigenvalue weighted by Gasteiger charge is -2.15. The van der Waals surface area contributed by atoms with E-state index in [0.717, 1.165) is 0 Å². The van der Waals surface area contributed by atoms with Crippen LogP contribution in [0.4, 0.5) is 17.1 Å². The summed E-state index contributed by atoms with van der Waals surface area (Å²) in [4.78, 5) is 42.6. The molecule has 3 rings (SSSR count). The van der Waals surface area contributed by atoms with Crippen molar-refractivity contribution in [3.63, 3.8) is 0 Å². The number of nitro groups is 1. The molecule has 10 nitrogen and oxygen atoms in total. The predicted octanol–water partition coefficient (Wildman–Crippen LogP) is 3.98. The summed E-state index contributed by atoms with van der Waals surface area (Å²) < 4.78 is 10.3. The van der Waals surface area contributed by atoms with Gasteiger partial charge in [0.1, 0.15) is 28.1 Å². The van der Waals surface area contributed by atoms with Gasteiger partial charge in [0.05, 0.1) is 25.2 Å². The van der Waals surface area contributed by atoms with Crippen LogP contribution in [0.3, 0.4) is 0 Å². The zero-order valence-electron chi connectivity index (χ0n) is 18.4. The third-order valence-electron chi connectivity index (χ3n) is 4.81. The lowest BCUT2D eigenvalue weighted by molar-refractivity contribution is -0.384. The van der Waals surface area contributed by atoms with Gasteiger partial charge in [-0.2, -0.15) is 0 Å². The summed E-state index contributed by atoms with van der Waals surface area (Å²) in [5, 5.41) is 13.7. The second-order valence-electron chi connectivity index (χ2n) is 7.06. The first-order chi connectivity index (χ1) is 15.9. The minimum atomic E-state index is -0.692. The number of thioether (sulfide) groups is 1. The van der Waals surface area contributed by atoms with Crippen molar-refractivity contribution in [1.29, 1.82) is 0 Å². The van der Waals surface area contributed by atoms with E-state index in [4.69, 9.17) is 9.47 Å². The van der Waals surface area contributed by atoms with Crippen molar-refractivity contribution in [2.45, 2.75) is 25.0 Å². The van der Waals surface area contributed by atoms with Gasteiger partial charge in [-0.3, -0.25) is 24.6 Å². The first-order valence-corrected chi connectivity index (χ1v) is 11.1. The number of hydrogen-bond donors (Lipinski definition) is 1. The van der Waals surface area contributed by atoms with Gasteiger partial charge < -0.3 is 14.8 Å². The highest BCUT2D eigenvalue weighted by molar-refractivity contribution is 8.15. The average Bonchev–Trinajstić information content (AvgIpc) is 3.08. The molecule has 0 bridgehead atoms. The van der Waals surface area contributed by atoms with Gasteiger partial charge in [-0.1, -0.05) is 30.8 Å². The topological polar surface area (TPSA) is 123 Å². The van der Waals surface area contributed by atoms with Gasteiger partial charge in [0.2, 0.25) is 11.8 Å². The number of amidine groups is 1. The Morgan fingerprint density at radius 1 is 1.24 bits per heavy atom. The predicted molar refractivity (Wildman–Crippen MR) is 126 cm³/mol. The molecule has 0 unspecified atom stereocenters. The first kappa shape index (κ1) is 24.1. The fourth-order valence-corrected chi connectivity index (χ4v) is 4.42. The van der Waals surface area contributed by atoms with Gasteiger partial charge in [0.25, 0.3) is 5.69 Å². The SMILES string of the molecule is CCCN1C(=O)[C@H](CC(=O)Nc2ccc(OC)cc2[N+](=O)[O-])SC1=Nc1ccccc1OC. The van der Waals surface area contributed by atoms with Crippen LogP contribution in [0.2, 0.25) is 0 Å². The van der Waals surface area contributed by atoms with Crippen LogP contribution in [0.25, 0.3) is 0 Å². The highest BCUT2D eigenvalue weighted by atomic mass is 32.2. The molecular formula is C22H24N4O6S. The smallest absolute Gasteiger partial charge is 0.296 e. The third kappa shape index (κ3) is 5.61. The van der Waals surface area contributed by atoms with E-state index in [0.29, 0.717) is 35.3 Å². The Hall–Kier alpha value is -3.60. The number of rotatable bonds is 9. The average molecular weight is 473 g/mol. The van der Waals surface area contributed by atoms with Gasteiger partial charge in [-0.15, -0.1) is 0 Å². The quantitative estimate of drug-likeness (QED) is 0.432. The fourth-order valence-electron chi connectivity index (χ4n) is 3.24. The molecule has 33 heavy (non-hydrogen) atoms. The molecule has 2 amide bonds. The van der Waals surface area contributed by atoms with Gasteiger partial charge in [0, 0.05) is 13.0 Å². The molecule has 0 saturated carbocycles. The number of aliphatic imine (C=N–C) groups is 1. The maximum absolute atomic E-state index is 13.0. The van der Waals surface area contributed by atoms with Crippen molar-refractivity contribution in [3.05, 3.63) is 52.6 Å². The number of carbonyl (C=O) groups excluding carboxylic acids is 2. The Labute approximate surface area is 195 Å². The Morgan fingerprint density at radius 2 is 2.00 bits per heavy atom. The Morgan fingerprint density at radius 3 is 2.67 bits per heavy atom. The van der Waals surface area contributed by atoms with Crippen LogP contribution in [-0.2, 0) is 9.59 Å². The number of nitrogens with zero attached hydrogens (tertiary/aromatic N) is 3. The van der Waals surface area contributed by atoms with Crippen molar-refractivity contribution < 1.29 is 24.0 Å². The van der Waals surface area contributed by atoms with Gasteiger partial charge >= 0.3 is 0 Å². The number of hydrogen-bond acceptors (Lipinski definition) is 8. The van der Waals surface area contributed by atoms with E-state index in [9.17, 15) is 19.7 Å². The monoisotopic (exact) mass is 472 g/mol. The molecule has 1 aliphatic rings. The van der Waals surface area contributed by atoms with Crippen LogP contribution in [0.1, 0.15) is 19.8 Å². The number of nitro benzene ring substituents is 1. The van der Waals surface area contributed by atoms with E-state index < -0.39 is 16.1 Å². The summed E-state index contributed by atoms with van der Waals surface area (Å²) in [6.07, 6.45) is 0.562. The van der Waals surface area contributed by atoms with Crippen LogP contribution < -0.4 is 14.8 Å². The summed E-state index contributed by atoms with van der Waals surface area (Å²) in [7, 11) is 2.94. The van der Waals surface area contributed by atoms with E-state index in [1.165, 1.54) is 37.1 Å². The summed E-state index contributed by atoms with van der Waals surface area (Å²) in [5.74, 6) is 0.134. The summed E-state index contributed by atoms with van der Waals surface area (Å²) in [6.45, 7) is 2.41. The summed E-state index contributed by atoms with van der Waals surface area (Å²) in [5.41, 5.74) is 0.323. The number of para-hydroxylation sites is 2. The molecule has 0 aromatic heterocycles. The van der Waals surface area contributed by atoms with Gasteiger partial charge in [-0.05, 0) is 30.7 Å². The van der Waals surface area contributed by atoms with Crippen LogP contribution in [0.15, 0.2) is 47.5 Å². The third-order valence-corrected chi connectivity index (χ3v) is 5.99. The lowest BCUT2D eigenvalue weighted by Crippen LogP contribution is -2.34. The number of benzene rings is 2. The molecule has 11 heteroatoms. The zero-order valence-corrected chi connectivity index (χ0v) is 19.3. The zero-order chi connectivity index (χ0) is 24.0. The summed E-state index contributed by atoms with van der Waals surface area (Å²) in [6, 6.07) is 11.3. The largest absolute Gasteiger partial charge is 0.496 e. The van der Waals surface area contributed by atoms with Crippen molar-refractivity contribution >= 4 is 45.8 Å². The van der Waals surface area contributed by atoms with E-state index in [1.54, 1.807) is 24.1 Å². The minimum Gasteiger partial charge on any atom is -0.496 e. The Kier molecular flexibility index (Phi) is 7.88. The molecule has 1 N–H and O–H groups in total. The molecule has 2 aromatic rings. The molecule has 0 aliphatic carbocycles. The lowest BCUT2D eigenvalue weighted by atomic mass is 10.2. The highest BCUT2D eigenvalue weighted by Crippen LogP contribution is 2.35. The maximum Gasteiger partial charge on any atom is 0.296 e. The molecule has 0 radical (unpaired) electrons. The van der Waals surface area contributed by atoms with E-state index in [-0.39, 0.29) is 23.7 Å². The van der Waals surface area contributed by atoms with Crippen LogP contribution >= 0.6 is 11.8 Å². The van der Waals surface area contributed by atoms with Gasteiger partial charge in [-0.25, -0.2) is 4.99 Å². The van der Waals surface area contributed by atoms with E-state index in [2.05, 4.69) is 10.3 Å². The molecule has 1 heterocycles. The number of carbonyl (C=O) groups is 2. The van der Waals surface area contributed by atoms with Crippen molar-refractivity contribution in [2.75, 3.05) is 26.1 Å². The molecular weight excluding hydrogens is 448 g/mol. The van der Waals surface area contributed by atoms with E-state index >= 15 is 0 Å². The molecule has 1 aliphatic heterocycles. The molecule has 2 aromatic carbocycles. The minimum absolute atomic E-state index is 0.0366. The van der Waals surface area contributed by atoms with Gasteiger partial charge in [0.15, 0.2) is 5.17 Å².